The molecule has 0 atom stereocenters. The predicted molar refractivity (Wildman–Crippen MR) is 78.6 cm³/mol. The summed E-state index contributed by atoms with van der Waals surface area (Å²) in [6.07, 6.45) is 1.62. The molecule has 2 rings (SSSR count). The van der Waals surface area contributed by atoms with E-state index < -0.39 is 10.0 Å². The van der Waals surface area contributed by atoms with E-state index in [2.05, 4.69) is 15.9 Å². The van der Waals surface area contributed by atoms with Gasteiger partial charge < -0.3 is 4.42 Å². The first-order valence-corrected chi connectivity index (χ1v) is 8.74. The van der Waals surface area contributed by atoms with Crippen LogP contribution in [0.5, 0.6) is 0 Å². The maximum Gasteiger partial charge on any atom is 0.253 e. The van der Waals surface area contributed by atoms with E-state index in [-0.39, 0.29) is 23.7 Å². The first-order valence-electron chi connectivity index (χ1n) is 5.69. The molecule has 0 amide bonds. The van der Waals surface area contributed by atoms with Gasteiger partial charge in [-0.25, -0.2) is 8.42 Å². The van der Waals surface area contributed by atoms with E-state index in [1.54, 1.807) is 24.3 Å². The van der Waals surface area contributed by atoms with E-state index in [0.717, 1.165) is 15.1 Å². The molecule has 106 valence electrons. The van der Waals surface area contributed by atoms with Crippen LogP contribution in [-0.4, -0.2) is 19.3 Å². The van der Waals surface area contributed by atoms with Crippen LogP contribution in [0.4, 0.5) is 0 Å². The second kappa shape index (κ2) is 6.54. The maximum absolute atomic E-state index is 12.5. The zero-order valence-electron chi connectivity index (χ0n) is 10.3. The standard InChI is InChI=1S/C12H11BrN2O3S2/c13-11-4-5-12(19-11)20(16,17)15(7-2-6-14)9-10-3-1-8-18-10/h1,3-5,8H,2,7,9H2. The van der Waals surface area contributed by atoms with Crippen molar-refractivity contribution in [2.45, 2.75) is 17.2 Å². The molecular weight excluding hydrogens is 364 g/mol. The van der Waals surface area contributed by atoms with Gasteiger partial charge in [0, 0.05) is 13.0 Å². The molecule has 0 fully saturated rings. The van der Waals surface area contributed by atoms with Gasteiger partial charge in [-0.1, -0.05) is 0 Å². The van der Waals surface area contributed by atoms with Gasteiger partial charge in [-0.3, -0.25) is 0 Å². The molecule has 2 heterocycles. The van der Waals surface area contributed by atoms with Crippen LogP contribution in [0.3, 0.4) is 0 Å². The fraction of sp³-hybridized carbons (Fsp3) is 0.250. The van der Waals surface area contributed by atoms with Crippen molar-refractivity contribution >= 4 is 37.3 Å². The van der Waals surface area contributed by atoms with E-state index in [1.807, 2.05) is 6.07 Å². The molecule has 2 aromatic rings. The van der Waals surface area contributed by atoms with E-state index in [1.165, 1.54) is 10.6 Å². The van der Waals surface area contributed by atoms with E-state index in [0.29, 0.717) is 5.76 Å². The Kier molecular flexibility index (Phi) is 4.99. The minimum absolute atomic E-state index is 0.118. The average Bonchev–Trinajstić information content (AvgIpc) is 3.05. The third kappa shape index (κ3) is 3.49. The molecule has 0 saturated heterocycles. The van der Waals surface area contributed by atoms with Crippen molar-refractivity contribution in [3.8, 4) is 6.07 Å². The van der Waals surface area contributed by atoms with Crippen LogP contribution in [-0.2, 0) is 16.6 Å². The Balaban J connectivity index is 2.27. The van der Waals surface area contributed by atoms with Crippen LogP contribution in [0.1, 0.15) is 12.2 Å². The lowest BCUT2D eigenvalue weighted by Gasteiger charge is -2.18. The van der Waals surface area contributed by atoms with Crippen molar-refractivity contribution in [2.24, 2.45) is 0 Å². The normalized spacial score (nSPS) is 11.7. The molecule has 0 radical (unpaired) electrons. The second-order valence-electron chi connectivity index (χ2n) is 3.88. The van der Waals surface area contributed by atoms with Crippen LogP contribution in [0.2, 0.25) is 0 Å². The summed E-state index contributed by atoms with van der Waals surface area (Å²) >= 11 is 4.39. The number of hydrogen-bond donors (Lipinski definition) is 0. The van der Waals surface area contributed by atoms with Gasteiger partial charge in [0.25, 0.3) is 10.0 Å². The highest BCUT2D eigenvalue weighted by Gasteiger charge is 2.26. The number of thiophene rings is 1. The first kappa shape index (κ1) is 15.3. The first-order chi connectivity index (χ1) is 9.54. The lowest BCUT2D eigenvalue weighted by atomic mass is 10.4. The molecule has 0 saturated carbocycles. The van der Waals surface area contributed by atoms with Crippen LogP contribution in [0, 0.1) is 11.3 Å². The van der Waals surface area contributed by atoms with Gasteiger partial charge in [0.1, 0.15) is 9.97 Å². The molecule has 2 aromatic heterocycles. The van der Waals surface area contributed by atoms with E-state index >= 15 is 0 Å². The summed E-state index contributed by atoms with van der Waals surface area (Å²) in [7, 11) is -3.62. The molecule has 0 aliphatic carbocycles. The number of nitriles is 1. The molecule has 0 bridgehead atoms. The molecule has 0 N–H and O–H groups in total. The third-order valence-electron chi connectivity index (χ3n) is 2.53. The van der Waals surface area contributed by atoms with Crippen molar-refractivity contribution in [1.29, 1.82) is 5.26 Å². The molecular formula is C12H11BrN2O3S2. The molecule has 20 heavy (non-hydrogen) atoms. The largest absolute Gasteiger partial charge is 0.468 e. The topological polar surface area (TPSA) is 74.3 Å². The molecule has 0 unspecified atom stereocenters. The number of hydrogen-bond acceptors (Lipinski definition) is 5. The fourth-order valence-corrected chi connectivity index (χ4v) is 5.17. The van der Waals surface area contributed by atoms with Gasteiger partial charge in [0.05, 0.1) is 22.7 Å². The number of halogens is 1. The van der Waals surface area contributed by atoms with E-state index in [9.17, 15) is 8.42 Å². The quantitative estimate of drug-likeness (QED) is 0.777. The van der Waals surface area contributed by atoms with Crippen LogP contribution >= 0.6 is 27.3 Å². The minimum Gasteiger partial charge on any atom is -0.468 e. The highest BCUT2D eigenvalue weighted by molar-refractivity contribution is 9.11. The molecule has 0 aliphatic heterocycles. The monoisotopic (exact) mass is 374 g/mol. The maximum atomic E-state index is 12.5. The number of sulfonamides is 1. The van der Waals surface area contributed by atoms with Gasteiger partial charge in [-0.15, -0.1) is 11.3 Å². The Hall–Kier alpha value is -1.14. The minimum atomic E-state index is -3.62. The van der Waals surface area contributed by atoms with Crippen LogP contribution in [0.25, 0.3) is 0 Å². The summed E-state index contributed by atoms with van der Waals surface area (Å²) in [6.45, 7) is 0.252. The van der Waals surface area contributed by atoms with Gasteiger partial charge in [0.2, 0.25) is 0 Å². The molecule has 0 aromatic carbocycles. The van der Waals surface area contributed by atoms with Crippen LogP contribution in [0.15, 0.2) is 42.9 Å². The summed E-state index contributed by atoms with van der Waals surface area (Å²) in [6, 6.07) is 8.61. The van der Waals surface area contributed by atoms with Crippen molar-refractivity contribution in [1.82, 2.24) is 4.31 Å². The molecule has 8 heteroatoms. The predicted octanol–water partition coefficient (Wildman–Crippen LogP) is 3.21. The van der Waals surface area contributed by atoms with Crippen molar-refractivity contribution in [3.63, 3.8) is 0 Å². The molecule has 5 nitrogen and oxygen atoms in total. The lowest BCUT2D eigenvalue weighted by Crippen LogP contribution is -2.30. The van der Waals surface area contributed by atoms with Crippen molar-refractivity contribution in [3.05, 3.63) is 40.1 Å². The molecule has 0 aliphatic rings. The second-order valence-corrected chi connectivity index (χ2v) is 8.51. The van der Waals surface area contributed by atoms with Gasteiger partial charge in [-0.05, 0) is 40.2 Å². The summed E-state index contributed by atoms with van der Waals surface area (Å²) in [4.78, 5) is 0. The highest BCUT2D eigenvalue weighted by atomic mass is 79.9. The Morgan fingerprint density at radius 1 is 1.40 bits per heavy atom. The Labute approximate surface area is 129 Å². The highest BCUT2D eigenvalue weighted by Crippen LogP contribution is 2.29. The van der Waals surface area contributed by atoms with Gasteiger partial charge in [0.15, 0.2) is 0 Å². The molecule has 0 spiro atoms. The Morgan fingerprint density at radius 3 is 2.75 bits per heavy atom. The Morgan fingerprint density at radius 2 is 2.20 bits per heavy atom. The zero-order valence-corrected chi connectivity index (χ0v) is 13.5. The fourth-order valence-electron chi connectivity index (χ4n) is 1.60. The van der Waals surface area contributed by atoms with Crippen molar-refractivity contribution in [2.75, 3.05) is 6.54 Å². The van der Waals surface area contributed by atoms with Crippen LogP contribution < -0.4 is 0 Å². The number of furan rings is 1. The average molecular weight is 375 g/mol. The zero-order chi connectivity index (χ0) is 14.6. The Bertz CT molecular complexity index is 701. The smallest absolute Gasteiger partial charge is 0.253 e. The summed E-state index contributed by atoms with van der Waals surface area (Å²) in [5.74, 6) is 0.544. The van der Waals surface area contributed by atoms with Gasteiger partial charge in [-0.2, -0.15) is 9.57 Å². The summed E-state index contributed by atoms with van der Waals surface area (Å²) in [5.41, 5.74) is 0. The summed E-state index contributed by atoms with van der Waals surface area (Å²) < 4.78 is 32.5. The lowest BCUT2D eigenvalue weighted by molar-refractivity contribution is 0.369. The van der Waals surface area contributed by atoms with E-state index in [4.69, 9.17) is 9.68 Å². The summed E-state index contributed by atoms with van der Waals surface area (Å²) in [5, 5.41) is 8.68. The number of rotatable bonds is 6. The number of nitrogens with zero attached hydrogens (tertiary/aromatic N) is 2. The third-order valence-corrected chi connectivity index (χ3v) is 6.46. The van der Waals surface area contributed by atoms with Crippen molar-refractivity contribution < 1.29 is 12.8 Å². The SMILES string of the molecule is N#CCCN(Cc1ccco1)S(=O)(=O)c1ccc(Br)s1. The van der Waals surface area contributed by atoms with Gasteiger partial charge >= 0.3 is 0 Å².